The summed E-state index contributed by atoms with van der Waals surface area (Å²) in [5.41, 5.74) is 0. The Morgan fingerprint density at radius 1 is 0.533 bits per heavy atom. The number of aliphatic carboxylic acids is 6. The highest BCUT2D eigenvalue weighted by atomic mass is 33.1. The van der Waals surface area contributed by atoms with Crippen molar-refractivity contribution in [2.24, 2.45) is 0 Å². The Hall–Kier alpha value is -2.56. The first kappa shape index (κ1) is 27.4. The van der Waals surface area contributed by atoms with Crippen LogP contribution in [0.3, 0.4) is 0 Å². The van der Waals surface area contributed by atoms with Gasteiger partial charge in [0, 0.05) is 11.5 Å². The molecule has 0 bridgehead atoms. The fourth-order valence-corrected chi connectivity index (χ4v) is 4.65. The third-order valence-electron chi connectivity index (χ3n) is 3.34. The van der Waals surface area contributed by atoms with Gasteiger partial charge in [0.15, 0.2) is 0 Å². The third kappa shape index (κ3) is 11.4. The zero-order chi connectivity index (χ0) is 23.4. The van der Waals surface area contributed by atoms with E-state index in [1.165, 1.54) is 0 Å². The van der Waals surface area contributed by atoms with Gasteiger partial charge in [-0.2, -0.15) is 0 Å². The fourth-order valence-electron chi connectivity index (χ4n) is 2.14. The Bertz CT molecular complexity index is 585. The molecular weight excluding hydrogens is 452 g/mol. The summed E-state index contributed by atoms with van der Waals surface area (Å²) in [5, 5.41) is 53.9. The quantitative estimate of drug-likeness (QED) is 0.101. The van der Waals surface area contributed by atoms with Crippen LogP contribution < -0.4 is 0 Å². The summed E-state index contributed by atoms with van der Waals surface area (Å²) in [7, 11) is 1.59. The van der Waals surface area contributed by atoms with Gasteiger partial charge in [-0.25, -0.2) is 0 Å². The highest BCUT2D eigenvalue weighted by Crippen LogP contribution is 2.26. The molecule has 0 unspecified atom stereocenters. The van der Waals surface area contributed by atoms with E-state index in [-0.39, 0.29) is 11.5 Å². The topological polar surface area (TPSA) is 230 Å². The summed E-state index contributed by atoms with van der Waals surface area (Å²) < 4.78 is 0. The van der Waals surface area contributed by atoms with Crippen LogP contribution >= 0.6 is 21.6 Å². The van der Waals surface area contributed by atoms with Crippen LogP contribution in [0.4, 0.5) is 0 Å². The van der Waals surface area contributed by atoms with E-state index in [0.29, 0.717) is 9.80 Å². The molecule has 0 radical (unpaired) electrons. The van der Waals surface area contributed by atoms with Gasteiger partial charge < -0.3 is 30.6 Å². The molecule has 0 aliphatic carbocycles. The lowest BCUT2D eigenvalue weighted by molar-refractivity contribution is -0.151. The summed E-state index contributed by atoms with van der Waals surface area (Å²) in [6.07, 6.45) is 0. The molecule has 14 nitrogen and oxygen atoms in total. The highest BCUT2D eigenvalue weighted by Gasteiger charge is 2.31. The lowest BCUT2D eigenvalue weighted by Crippen LogP contribution is -2.48. The average Bonchev–Trinajstić information content (AvgIpc) is 2.54. The second-order valence-electron chi connectivity index (χ2n) is 5.66. The van der Waals surface area contributed by atoms with Gasteiger partial charge in [-0.3, -0.25) is 38.6 Å². The van der Waals surface area contributed by atoms with E-state index in [2.05, 4.69) is 0 Å². The van der Waals surface area contributed by atoms with Crippen molar-refractivity contribution in [3.8, 4) is 0 Å². The van der Waals surface area contributed by atoms with Crippen LogP contribution in [0.5, 0.6) is 0 Å². The minimum absolute atomic E-state index is 0.315. The van der Waals surface area contributed by atoms with E-state index in [0.717, 1.165) is 21.6 Å². The molecule has 0 rings (SSSR count). The molecule has 0 aromatic rings. The Kier molecular flexibility index (Phi) is 12.5. The lowest BCUT2D eigenvalue weighted by atomic mass is 10.2. The van der Waals surface area contributed by atoms with E-state index in [1.807, 2.05) is 0 Å². The molecule has 0 spiro atoms. The second kappa shape index (κ2) is 13.6. The van der Waals surface area contributed by atoms with Crippen molar-refractivity contribution in [3.63, 3.8) is 0 Å². The Balaban J connectivity index is 5.09. The summed E-state index contributed by atoms with van der Waals surface area (Å²) in [4.78, 5) is 67.7. The van der Waals surface area contributed by atoms with Gasteiger partial charge in [0.05, 0.1) is 26.2 Å². The molecule has 0 fully saturated rings. The van der Waals surface area contributed by atoms with Gasteiger partial charge in [0.1, 0.15) is 12.1 Å². The standard InChI is InChI=1S/C14H20N2O12S2/c17-9(18)1-15(2-10(19)20)7(13(25)26)5-29-30-6-8(14(27)28)16(3-11(21)22)4-12(23)24/h7-8H,1-6H2,(H,17,18)(H,19,20)(H,21,22)(H,23,24)(H,25,26)(H,27,28)/t7-,8-/m0/s1. The monoisotopic (exact) mass is 472 g/mol. The summed E-state index contributed by atoms with van der Waals surface area (Å²) in [6.45, 7) is -3.40. The van der Waals surface area contributed by atoms with Crippen molar-refractivity contribution in [1.82, 2.24) is 9.80 Å². The fraction of sp³-hybridized carbons (Fsp3) is 0.571. The van der Waals surface area contributed by atoms with Crippen molar-refractivity contribution >= 4 is 57.4 Å². The molecule has 170 valence electrons. The van der Waals surface area contributed by atoms with Crippen LogP contribution in [0.15, 0.2) is 0 Å². The molecule has 6 N–H and O–H groups in total. The van der Waals surface area contributed by atoms with Crippen molar-refractivity contribution in [2.75, 3.05) is 37.7 Å². The van der Waals surface area contributed by atoms with Gasteiger partial charge in [-0.15, -0.1) is 0 Å². The van der Waals surface area contributed by atoms with Gasteiger partial charge in [0.2, 0.25) is 0 Å². The summed E-state index contributed by atoms with van der Waals surface area (Å²) in [6, 6.07) is -3.01. The van der Waals surface area contributed by atoms with Crippen LogP contribution in [0.25, 0.3) is 0 Å². The van der Waals surface area contributed by atoms with E-state index >= 15 is 0 Å². The first-order valence-corrected chi connectivity index (χ1v) is 10.4. The molecule has 16 heteroatoms. The molecule has 0 saturated heterocycles. The predicted octanol–water partition coefficient (Wildman–Crippen LogP) is -1.78. The molecule has 0 aliphatic rings. The maximum Gasteiger partial charge on any atom is 0.321 e. The molecule has 0 aliphatic heterocycles. The highest BCUT2D eigenvalue weighted by molar-refractivity contribution is 8.76. The van der Waals surface area contributed by atoms with Crippen LogP contribution in [-0.4, -0.2) is 126 Å². The van der Waals surface area contributed by atoms with Gasteiger partial charge >= 0.3 is 35.8 Å². The largest absolute Gasteiger partial charge is 0.480 e. The van der Waals surface area contributed by atoms with E-state index in [1.54, 1.807) is 0 Å². The number of carboxylic acid groups (broad SMARTS) is 6. The van der Waals surface area contributed by atoms with Gasteiger partial charge in [0.25, 0.3) is 0 Å². The normalized spacial score (nSPS) is 13.0. The number of hydrogen-bond donors (Lipinski definition) is 6. The van der Waals surface area contributed by atoms with Gasteiger partial charge in [-0.05, 0) is 0 Å². The van der Waals surface area contributed by atoms with E-state index in [4.69, 9.17) is 20.4 Å². The molecule has 0 saturated carbocycles. The Morgan fingerprint density at radius 2 is 0.767 bits per heavy atom. The molecule has 0 amide bonds. The lowest BCUT2D eigenvalue weighted by Gasteiger charge is -2.26. The zero-order valence-electron chi connectivity index (χ0n) is 15.2. The molecule has 30 heavy (non-hydrogen) atoms. The minimum Gasteiger partial charge on any atom is -0.480 e. The maximum atomic E-state index is 11.4. The average molecular weight is 472 g/mol. The number of carbonyl (C=O) groups is 6. The number of carboxylic acids is 6. The van der Waals surface area contributed by atoms with Crippen molar-refractivity contribution < 1.29 is 59.4 Å². The van der Waals surface area contributed by atoms with Crippen LogP contribution in [0.2, 0.25) is 0 Å². The number of nitrogens with zero attached hydrogens (tertiary/aromatic N) is 2. The summed E-state index contributed by atoms with van der Waals surface area (Å²) in [5.74, 6) is -9.37. The summed E-state index contributed by atoms with van der Waals surface area (Å²) >= 11 is 0. The molecule has 0 aromatic heterocycles. The SMILES string of the molecule is O=C(O)CN(CC(=O)O)[C@@H](CSSC[C@@H](C(=O)O)N(CC(=O)O)CC(=O)O)C(=O)O. The number of hydrogen-bond acceptors (Lipinski definition) is 10. The number of rotatable bonds is 17. The minimum atomic E-state index is -1.51. The second-order valence-corrected chi connectivity index (χ2v) is 8.21. The first-order valence-electron chi connectivity index (χ1n) is 7.90. The zero-order valence-corrected chi connectivity index (χ0v) is 16.9. The Morgan fingerprint density at radius 3 is 0.933 bits per heavy atom. The van der Waals surface area contributed by atoms with Crippen molar-refractivity contribution in [3.05, 3.63) is 0 Å². The molecular formula is C14H20N2O12S2. The first-order chi connectivity index (χ1) is 13.8. The Labute approximate surface area is 176 Å². The third-order valence-corrected chi connectivity index (χ3v) is 5.73. The van der Waals surface area contributed by atoms with Crippen molar-refractivity contribution in [2.45, 2.75) is 12.1 Å². The van der Waals surface area contributed by atoms with E-state index in [9.17, 15) is 39.0 Å². The molecule has 0 heterocycles. The maximum absolute atomic E-state index is 11.4. The smallest absolute Gasteiger partial charge is 0.321 e. The van der Waals surface area contributed by atoms with E-state index < -0.39 is 74.1 Å². The predicted molar refractivity (Wildman–Crippen MR) is 101 cm³/mol. The van der Waals surface area contributed by atoms with Crippen LogP contribution in [0.1, 0.15) is 0 Å². The van der Waals surface area contributed by atoms with Gasteiger partial charge in [-0.1, -0.05) is 21.6 Å². The van der Waals surface area contributed by atoms with Crippen molar-refractivity contribution in [1.29, 1.82) is 0 Å². The van der Waals surface area contributed by atoms with Crippen LogP contribution in [0, 0.1) is 0 Å². The molecule has 2 atom stereocenters. The molecule has 0 aromatic carbocycles. The van der Waals surface area contributed by atoms with Crippen LogP contribution in [-0.2, 0) is 28.8 Å².